The fourth-order valence-electron chi connectivity index (χ4n) is 3.98. The van der Waals surface area contributed by atoms with E-state index in [0.29, 0.717) is 11.3 Å². The van der Waals surface area contributed by atoms with Crippen LogP contribution in [0.15, 0.2) is 59.5 Å². The van der Waals surface area contributed by atoms with Gasteiger partial charge in [0.05, 0.1) is 17.5 Å². The molecular formula is C21H16N2O3. The first-order valence-electron chi connectivity index (χ1n) is 8.53. The molecule has 0 amide bonds. The molecule has 1 aliphatic rings. The van der Waals surface area contributed by atoms with E-state index in [1.54, 1.807) is 11.6 Å². The molecule has 4 aromatic rings. The summed E-state index contributed by atoms with van der Waals surface area (Å²) in [5.74, 6) is -0.243. The van der Waals surface area contributed by atoms with Crippen LogP contribution < -0.4 is 10.3 Å². The smallest absolute Gasteiger partial charge is 0.312 e. The number of benzene rings is 2. The van der Waals surface area contributed by atoms with E-state index in [1.165, 1.54) is 0 Å². The van der Waals surface area contributed by atoms with E-state index in [4.69, 9.17) is 4.74 Å². The molecule has 0 saturated carbocycles. The van der Waals surface area contributed by atoms with E-state index in [2.05, 4.69) is 4.98 Å². The molecule has 26 heavy (non-hydrogen) atoms. The Morgan fingerprint density at radius 1 is 1.04 bits per heavy atom. The zero-order valence-electron chi connectivity index (χ0n) is 14.2. The van der Waals surface area contributed by atoms with Gasteiger partial charge >= 0.3 is 5.97 Å². The average Bonchev–Trinajstić information content (AvgIpc) is 3.09. The number of pyridine rings is 1. The third kappa shape index (κ3) is 1.97. The number of carbonyl (C=O) groups excluding carboxylic acids is 1. The second-order valence-electron chi connectivity index (χ2n) is 6.64. The number of carbonyl (C=O) groups is 1. The predicted molar refractivity (Wildman–Crippen MR) is 99.6 cm³/mol. The Morgan fingerprint density at radius 2 is 1.77 bits per heavy atom. The number of esters is 1. The summed E-state index contributed by atoms with van der Waals surface area (Å²) in [6, 6.07) is 15.4. The second-order valence-corrected chi connectivity index (χ2v) is 6.64. The summed E-state index contributed by atoms with van der Waals surface area (Å²) >= 11 is 0. The number of aromatic amines is 1. The normalized spacial score (nSPS) is 16.7. The van der Waals surface area contributed by atoms with Crippen molar-refractivity contribution in [1.29, 1.82) is 0 Å². The van der Waals surface area contributed by atoms with Crippen LogP contribution in [0.5, 0.6) is 5.75 Å². The molecule has 128 valence electrons. The summed E-state index contributed by atoms with van der Waals surface area (Å²) in [4.78, 5) is 28.7. The van der Waals surface area contributed by atoms with Crippen LogP contribution in [0.4, 0.5) is 0 Å². The van der Waals surface area contributed by atoms with Gasteiger partial charge in [0.1, 0.15) is 5.75 Å². The van der Waals surface area contributed by atoms with Gasteiger partial charge in [-0.3, -0.25) is 9.59 Å². The monoisotopic (exact) mass is 344 g/mol. The van der Waals surface area contributed by atoms with Crippen LogP contribution in [-0.4, -0.2) is 15.5 Å². The molecule has 0 fully saturated rings. The topological polar surface area (TPSA) is 64.1 Å². The van der Waals surface area contributed by atoms with Crippen molar-refractivity contribution >= 4 is 27.8 Å². The maximum Gasteiger partial charge on any atom is 0.312 e. The number of H-pyrrole nitrogens is 1. The molecular weight excluding hydrogens is 328 g/mol. The molecule has 5 heteroatoms. The lowest BCUT2D eigenvalue weighted by atomic mass is 9.86. The molecule has 0 bridgehead atoms. The van der Waals surface area contributed by atoms with Crippen LogP contribution in [0.25, 0.3) is 21.8 Å². The van der Waals surface area contributed by atoms with Crippen LogP contribution in [0.1, 0.15) is 23.5 Å². The lowest BCUT2D eigenvalue weighted by Crippen LogP contribution is -2.31. The van der Waals surface area contributed by atoms with Crippen LogP contribution in [0.3, 0.4) is 0 Å². The quantitative estimate of drug-likeness (QED) is 0.538. The van der Waals surface area contributed by atoms with E-state index >= 15 is 0 Å². The van der Waals surface area contributed by atoms with Gasteiger partial charge in [-0.15, -0.1) is 0 Å². The molecule has 5 rings (SSSR count). The van der Waals surface area contributed by atoms with Gasteiger partial charge in [-0.25, -0.2) is 0 Å². The largest absolute Gasteiger partial charge is 0.425 e. The molecule has 0 unspecified atom stereocenters. The molecule has 1 atom stereocenters. The number of nitrogens with one attached hydrogen (secondary N) is 1. The highest BCUT2D eigenvalue weighted by Crippen LogP contribution is 2.42. The number of hydrogen-bond donors (Lipinski definition) is 1. The lowest BCUT2D eigenvalue weighted by molar-refractivity contribution is -0.135. The Labute approximate surface area is 148 Å². The number of fused-ring (bicyclic) bond motifs is 4. The molecule has 2 aromatic carbocycles. The van der Waals surface area contributed by atoms with Gasteiger partial charge in [-0.1, -0.05) is 30.3 Å². The number of hydrogen-bond acceptors (Lipinski definition) is 3. The van der Waals surface area contributed by atoms with Crippen molar-refractivity contribution in [3.8, 4) is 5.75 Å². The molecule has 5 nitrogen and oxygen atoms in total. The zero-order valence-corrected chi connectivity index (χ0v) is 14.2. The SMILES string of the molecule is Cn1c(=O)c2c(c3ccccc31)OC(=O)C[C@H]2c1c[nH]c2ccccc12. The van der Waals surface area contributed by atoms with Gasteiger partial charge in [-0.05, 0) is 23.8 Å². The average molecular weight is 344 g/mol. The van der Waals surface area contributed by atoms with Gasteiger partial charge in [0.15, 0.2) is 0 Å². The van der Waals surface area contributed by atoms with Crippen molar-refractivity contribution in [2.75, 3.05) is 0 Å². The number of aryl methyl sites for hydroxylation is 1. The Morgan fingerprint density at radius 3 is 2.62 bits per heavy atom. The van der Waals surface area contributed by atoms with Crippen molar-refractivity contribution in [1.82, 2.24) is 9.55 Å². The summed E-state index contributed by atoms with van der Waals surface area (Å²) in [6.07, 6.45) is 2.05. The molecule has 1 N–H and O–H groups in total. The van der Waals surface area contributed by atoms with Crippen molar-refractivity contribution in [3.05, 3.63) is 76.2 Å². The number of nitrogens with zero attached hydrogens (tertiary/aromatic N) is 1. The summed E-state index contributed by atoms with van der Waals surface area (Å²) in [6.45, 7) is 0. The Hall–Kier alpha value is -3.34. The van der Waals surface area contributed by atoms with Crippen LogP contribution >= 0.6 is 0 Å². The van der Waals surface area contributed by atoms with Crippen molar-refractivity contribution < 1.29 is 9.53 Å². The van der Waals surface area contributed by atoms with Crippen LogP contribution in [0, 0.1) is 0 Å². The highest BCUT2D eigenvalue weighted by atomic mass is 16.5. The van der Waals surface area contributed by atoms with E-state index in [-0.39, 0.29) is 23.9 Å². The highest BCUT2D eigenvalue weighted by molar-refractivity contribution is 5.93. The Kier molecular flexibility index (Phi) is 3.06. The summed E-state index contributed by atoms with van der Waals surface area (Å²) in [5, 5.41) is 1.80. The fourth-order valence-corrected chi connectivity index (χ4v) is 3.98. The van der Waals surface area contributed by atoms with E-state index in [0.717, 1.165) is 27.4 Å². The van der Waals surface area contributed by atoms with Gasteiger partial charge in [-0.2, -0.15) is 0 Å². The lowest BCUT2D eigenvalue weighted by Gasteiger charge is -2.26. The van der Waals surface area contributed by atoms with Crippen LogP contribution in [0.2, 0.25) is 0 Å². The summed E-state index contributed by atoms with van der Waals surface area (Å²) < 4.78 is 7.19. The van der Waals surface area contributed by atoms with Crippen molar-refractivity contribution in [3.63, 3.8) is 0 Å². The molecule has 0 aliphatic carbocycles. The minimum absolute atomic E-state index is 0.124. The first-order chi connectivity index (χ1) is 12.6. The van der Waals surface area contributed by atoms with E-state index < -0.39 is 0 Å². The van der Waals surface area contributed by atoms with Gasteiger partial charge in [0, 0.05) is 35.5 Å². The Bertz CT molecular complexity index is 1250. The molecule has 3 heterocycles. The minimum atomic E-state index is -0.328. The van der Waals surface area contributed by atoms with Crippen LogP contribution in [-0.2, 0) is 11.8 Å². The first kappa shape index (κ1) is 15.0. The van der Waals surface area contributed by atoms with Gasteiger partial charge < -0.3 is 14.3 Å². The van der Waals surface area contributed by atoms with E-state index in [9.17, 15) is 9.59 Å². The molecule has 0 spiro atoms. The fraction of sp³-hybridized carbons (Fsp3) is 0.143. The van der Waals surface area contributed by atoms with Crippen molar-refractivity contribution in [2.24, 2.45) is 7.05 Å². The van der Waals surface area contributed by atoms with E-state index in [1.807, 2.05) is 54.7 Å². The maximum atomic E-state index is 13.1. The summed E-state index contributed by atoms with van der Waals surface area (Å²) in [5.41, 5.74) is 3.12. The third-order valence-corrected chi connectivity index (χ3v) is 5.22. The van der Waals surface area contributed by atoms with Crippen molar-refractivity contribution in [2.45, 2.75) is 12.3 Å². The Balaban J connectivity index is 1.87. The first-order valence-corrected chi connectivity index (χ1v) is 8.53. The number of rotatable bonds is 1. The molecule has 0 radical (unpaired) electrons. The number of para-hydroxylation sites is 2. The third-order valence-electron chi connectivity index (χ3n) is 5.22. The second kappa shape index (κ2) is 5.33. The standard InChI is InChI=1S/C21H16N2O3/c1-23-17-9-5-3-7-13(17)20-19(21(23)25)14(10-18(24)26-20)15-11-22-16-8-4-2-6-12(15)16/h2-9,11,14,22H,10H2,1H3/t14-/m0/s1. The number of aromatic nitrogens is 2. The summed E-state index contributed by atoms with van der Waals surface area (Å²) in [7, 11) is 1.76. The molecule has 0 saturated heterocycles. The minimum Gasteiger partial charge on any atom is -0.425 e. The predicted octanol–water partition coefficient (Wildman–Crippen LogP) is 3.46. The zero-order chi connectivity index (χ0) is 17.8. The molecule has 1 aliphatic heterocycles. The van der Waals surface area contributed by atoms with Gasteiger partial charge in [0.2, 0.25) is 0 Å². The highest BCUT2D eigenvalue weighted by Gasteiger charge is 2.34. The molecule has 2 aromatic heterocycles. The van der Waals surface area contributed by atoms with Gasteiger partial charge in [0.25, 0.3) is 5.56 Å². The maximum absolute atomic E-state index is 13.1. The number of ether oxygens (including phenoxy) is 1.